The Morgan fingerprint density at radius 3 is 2.60 bits per heavy atom. The van der Waals surface area contributed by atoms with E-state index in [0.29, 0.717) is 0 Å². The fraction of sp³-hybridized carbons (Fsp3) is 0.214. The monoisotopic (exact) mass is 269 g/mol. The zero-order valence-electron chi connectivity index (χ0n) is 11.6. The third-order valence-corrected chi connectivity index (χ3v) is 3.15. The van der Waals surface area contributed by atoms with E-state index in [1.54, 1.807) is 11.8 Å². The predicted molar refractivity (Wildman–Crippen MR) is 77.3 cm³/mol. The molecular formula is C14H15N5O. The third kappa shape index (κ3) is 2.05. The minimum Gasteiger partial charge on any atom is -0.497 e. The second-order valence-electron chi connectivity index (χ2n) is 4.48. The Labute approximate surface area is 116 Å². The molecule has 2 heterocycles. The number of aromatic nitrogens is 4. The topological polar surface area (TPSA) is 64.9 Å². The van der Waals surface area contributed by atoms with E-state index in [1.165, 1.54) is 6.33 Å². The van der Waals surface area contributed by atoms with Crippen LogP contribution in [0.4, 0.5) is 11.5 Å². The van der Waals surface area contributed by atoms with E-state index >= 15 is 0 Å². The van der Waals surface area contributed by atoms with Crippen molar-refractivity contribution in [3.63, 3.8) is 0 Å². The van der Waals surface area contributed by atoms with Crippen molar-refractivity contribution in [1.82, 2.24) is 19.7 Å². The van der Waals surface area contributed by atoms with E-state index in [2.05, 4.69) is 20.4 Å². The number of nitrogens with one attached hydrogen (secondary N) is 1. The summed E-state index contributed by atoms with van der Waals surface area (Å²) in [6.07, 6.45) is 1.54. The van der Waals surface area contributed by atoms with Gasteiger partial charge in [0.2, 0.25) is 0 Å². The smallest absolute Gasteiger partial charge is 0.163 e. The van der Waals surface area contributed by atoms with Gasteiger partial charge < -0.3 is 10.1 Å². The Bertz CT molecular complexity index is 748. The SMILES string of the molecule is COc1ccc(Nc2ncnc3c2c(C)nn3C)cc1. The van der Waals surface area contributed by atoms with Crippen molar-refractivity contribution in [2.45, 2.75) is 6.92 Å². The first-order valence-corrected chi connectivity index (χ1v) is 6.24. The molecule has 0 aliphatic heterocycles. The van der Waals surface area contributed by atoms with Gasteiger partial charge in [0.15, 0.2) is 5.65 Å². The van der Waals surface area contributed by atoms with Crippen molar-refractivity contribution in [2.24, 2.45) is 7.05 Å². The molecule has 0 radical (unpaired) electrons. The first-order valence-electron chi connectivity index (χ1n) is 6.24. The number of benzene rings is 1. The van der Waals surface area contributed by atoms with Crippen molar-refractivity contribution in [1.29, 1.82) is 0 Å². The molecule has 0 amide bonds. The summed E-state index contributed by atoms with van der Waals surface area (Å²) in [7, 11) is 3.52. The van der Waals surface area contributed by atoms with Gasteiger partial charge in [-0.25, -0.2) is 9.97 Å². The van der Waals surface area contributed by atoms with Crippen molar-refractivity contribution in [3.05, 3.63) is 36.3 Å². The minimum atomic E-state index is 0.755. The van der Waals surface area contributed by atoms with Crippen LogP contribution in [0, 0.1) is 6.92 Å². The van der Waals surface area contributed by atoms with Gasteiger partial charge in [0, 0.05) is 12.7 Å². The molecule has 1 N–H and O–H groups in total. The van der Waals surface area contributed by atoms with Gasteiger partial charge in [-0.15, -0.1) is 0 Å². The molecule has 0 saturated carbocycles. The fourth-order valence-electron chi connectivity index (χ4n) is 2.18. The number of nitrogens with zero attached hydrogens (tertiary/aromatic N) is 4. The first-order chi connectivity index (χ1) is 9.69. The van der Waals surface area contributed by atoms with Crippen LogP contribution in [0.3, 0.4) is 0 Å². The predicted octanol–water partition coefficient (Wildman–Crippen LogP) is 2.42. The maximum absolute atomic E-state index is 5.15. The molecule has 0 saturated heterocycles. The van der Waals surface area contributed by atoms with Crippen LogP contribution < -0.4 is 10.1 Å². The van der Waals surface area contributed by atoms with Crippen LogP contribution >= 0.6 is 0 Å². The van der Waals surface area contributed by atoms with Gasteiger partial charge in [-0.05, 0) is 31.2 Å². The summed E-state index contributed by atoms with van der Waals surface area (Å²) < 4.78 is 6.90. The lowest BCUT2D eigenvalue weighted by Crippen LogP contribution is -1.97. The lowest BCUT2D eigenvalue weighted by Gasteiger charge is -2.07. The first kappa shape index (κ1) is 12.4. The van der Waals surface area contributed by atoms with Crippen LogP contribution in [0.5, 0.6) is 5.75 Å². The van der Waals surface area contributed by atoms with Crippen LogP contribution in [0.15, 0.2) is 30.6 Å². The average Bonchev–Trinajstić information content (AvgIpc) is 2.76. The Hall–Kier alpha value is -2.63. The Balaban J connectivity index is 2.01. The van der Waals surface area contributed by atoms with Gasteiger partial charge in [-0.1, -0.05) is 0 Å². The summed E-state index contributed by atoms with van der Waals surface area (Å²) in [5.41, 5.74) is 2.65. The van der Waals surface area contributed by atoms with Crippen molar-refractivity contribution >= 4 is 22.5 Å². The molecule has 102 valence electrons. The molecule has 3 aromatic rings. The van der Waals surface area contributed by atoms with E-state index in [4.69, 9.17) is 4.74 Å². The molecule has 1 aromatic carbocycles. The number of rotatable bonds is 3. The average molecular weight is 269 g/mol. The van der Waals surface area contributed by atoms with E-state index < -0.39 is 0 Å². The molecule has 0 fully saturated rings. The summed E-state index contributed by atoms with van der Waals surface area (Å²) >= 11 is 0. The van der Waals surface area contributed by atoms with Crippen molar-refractivity contribution < 1.29 is 4.74 Å². The maximum Gasteiger partial charge on any atom is 0.163 e. The molecule has 0 atom stereocenters. The lowest BCUT2D eigenvalue weighted by molar-refractivity contribution is 0.415. The largest absolute Gasteiger partial charge is 0.497 e. The van der Waals surface area contributed by atoms with Gasteiger partial charge in [0.25, 0.3) is 0 Å². The lowest BCUT2D eigenvalue weighted by atomic mass is 10.2. The number of aryl methyl sites for hydroxylation is 2. The van der Waals surface area contributed by atoms with Gasteiger partial charge in [0.05, 0.1) is 18.2 Å². The van der Waals surface area contributed by atoms with Crippen LogP contribution in [-0.2, 0) is 7.05 Å². The highest BCUT2D eigenvalue weighted by atomic mass is 16.5. The molecule has 0 aliphatic rings. The molecule has 6 nitrogen and oxygen atoms in total. The number of hydrogen-bond donors (Lipinski definition) is 1. The summed E-state index contributed by atoms with van der Waals surface area (Å²) in [5.74, 6) is 1.58. The highest BCUT2D eigenvalue weighted by molar-refractivity contribution is 5.90. The molecule has 3 rings (SSSR count). The number of fused-ring (bicyclic) bond motifs is 1. The number of hydrogen-bond acceptors (Lipinski definition) is 5. The summed E-state index contributed by atoms with van der Waals surface area (Å²) in [6, 6.07) is 7.69. The summed E-state index contributed by atoms with van der Waals surface area (Å²) in [4.78, 5) is 8.57. The van der Waals surface area contributed by atoms with Crippen LogP contribution in [0.2, 0.25) is 0 Å². The molecule has 0 aliphatic carbocycles. The molecular weight excluding hydrogens is 254 g/mol. The van der Waals surface area contributed by atoms with Crippen LogP contribution in [-0.4, -0.2) is 26.9 Å². The van der Waals surface area contributed by atoms with E-state index in [-0.39, 0.29) is 0 Å². The molecule has 6 heteroatoms. The standard InChI is InChI=1S/C14H15N5O/c1-9-12-13(15-8-16-14(12)19(2)18-9)17-10-4-6-11(20-3)7-5-10/h4-8H,1-3H3,(H,15,16,17). The van der Waals surface area contributed by atoms with Crippen LogP contribution in [0.25, 0.3) is 11.0 Å². The second kappa shape index (κ2) is 4.80. The molecule has 2 aromatic heterocycles. The molecule has 0 spiro atoms. The van der Waals surface area contributed by atoms with Crippen LogP contribution in [0.1, 0.15) is 5.69 Å². The van der Waals surface area contributed by atoms with Gasteiger partial charge in [-0.3, -0.25) is 4.68 Å². The maximum atomic E-state index is 5.15. The van der Waals surface area contributed by atoms with Crippen molar-refractivity contribution in [3.8, 4) is 5.75 Å². The summed E-state index contributed by atoms with van der Waals surface area (Å²) in [6.45, 7) is 1.95. The minimum absolute atomic E-state index is 0.755. The Kier molecular flexibility index (Phi) is 2.98. The quantitative estimate of drug-likeness (QED) is 0.791. The highest BCUT2D eigenvalue weighted by Gasteiger charge is 2.12. The Morgan fingerprint density at radius 1 is 1.15 bits per heavy atom. The number of methoxy groups -OCH3 is 1. The summed E-state index contributed by atoms with van der Waals surface area (Å²) in [5, 5.41) is 8.60. The van der Waals surface area contributed by atoms with E-state index in [1.807, 2.05) is 38.2 Å². The molecule has 0 unspecified atom stereocenters. The van der Waals surface area contributed by atoms with Gasteiger partial charge in [-0.2, -0.15) is 5.10 Å². The van der Waals surface area contributed by atoms with E-state index in [0.717, 1.165) is 34.0 Å². The van der Waals surface area contributed by atoms with Gasteiger partial charge >= 0.3 is 0 Å². The highest BCUT2D eigenvalue weighted by Crippen LogP contribution is 2.26. The van der Waals surface area contributed by atoms with Gasteiger partial charge in [0.1, 0.15) is 17.9 Å². The molecule has 20 heavy (non-hydrogen) atoms. The van der Waals surface area contributed by atoms with Crippen molar-refractivity contribution in [2.75, 3.05) is 12.4 Å². The second-order valence-corrected chi connectivity index (χ2v) is 4.48. The number of ether oxygens (including phenoxy) is 1. The fourth-order valence-corrected chi connectivity index (χ4v) is 2.18. The zero-order chi connectivity index (χ0) is 14.1. The zero-order valence-corrected chi connectivity index (χ0v) is 11.6. The Morgan fingerprint density at radius 2 is 1.90 bits per heavy atom. The normalized spacial score (nSPS) is 10.8. The molecule has 0 bridgehead atoms. The van der Waals surface area contributed by atoms with E-state index in [9.17, 15) is 0 Å². The third-order valence-electron chi connectivity index (χ3n) is 3.15. The number of anilines is 2.